The Balaban J connectivity index is 1.55. The van der Waals surface area contributed by atoms with Gasteiger partial charge in [0, 0.05) is 23.9 Å². The third-order valence-electron chi connectivity index (χ3n) is 5.39. The Kier molecular flexibility index (Phi) is 7.42. The molecule has 1 heterocycles. The first-order valence-corrected chi connectivity index (χ1v) is 11.3. The Morgan fingerprint density at radius 1 is 0.914 bits per heavy atom. The lowest BCUT2D eigenvalue weighted by molar-refractivity contribution is -0.116. The summed E-state index contributed by atoms with van der Waals surface area (Å²) in [6.07, 6.45) is 0. The highest BCUT2D eigenvalue weighted by atomic mass is 16.5. The summed E-state index contributed by atoms with van der Waals surface area (Å²) in [5.74, 6) is 0.890. The van der Waals surface area contributed by atoms with Crippen LogP contribution < -0.4 is 15.4 Å². The van der Waals surface area contributed by atoms with Gasteiger partial charge in [-0.25, -0.2) is 9.48 Å². The molecule has 4 aromatic rings. The predicted octanol–water partition coefficient (Wildman–Crippen LogP) is 5.04. The molecule has 0 aliphatic carbocycles. The monoisotopic (exact) mass is 469 g/mol. The Morgan fingerprint density at radius 3 is 2.20 bits per heavy atom. The molecule has 3 amide bonds. The molecule has 8 heteroatoms. The van der Waals surface area contributed by atoms with Crippen molar-refractivity contribution < 1.29 is 14.3 Å². The maximum Gasteiger partial charge on any atom is 0.322 e. The third kappa shape index (κ3) is 5.86. The van der Waals surface area contributed by atoms with Crippen molar-refractivity contribution in [2.45, 2.75) is 6.92 Å². The van der Waals surface area contributed by atoms with Crippen LogP contribution >= 0.6 is 0 Å². The molecule has 0 saturated carbocycles. The van der Waals surface area contributed by atoms with Gasteiger partial charge in [-0.1, -0.05) is 48.5 Å². The number of rotatable bonds is 8. The van der Waals surface area contributed by atoms with Crippen LogP contribution in [0.5, 0.6) is 5.75 Å². The van der Waals surface area contributed by atoms with Crippen molar-refractivity contribution >= 4 is 23.4 Å². The minimum atomic E-state index is -0.345. The van der Waals surface area contributed by atoms with Crippen molar-refractivity contribution in [3.63, 3.8) is 0 Å². The topological polar surface area (TPSA) is 88.5 Å². The summed E-state index contributed by atoms with van der Waals surface area (Å²) < 4.78 is 6.92. The van der Waals surface area contributed by atoms with Gasteiger partial charge < -0.3 is 20.3 Å². The number of para-hydroxylation sites is 1. The van der Waals surface area contributed by atoms with Gasteiger partial charge in [-0.15, -0.1) is 0 Å². The lowest BCUT2D eigenvalue weighted by atomic mass is 10.1. The molecule has 0 bridgehead atoms. The molecule has 3 aromatic carbocycles. The molecule has 0 saturated heterocycles. The van der Waals surface area contributed by atoms with Crippen molar-refractivity contribution in [2.75, 3.05) is 30.8 Å². The van der Waals surface area contributed by atoms with E-state index in [4.69, 9.17) is 9.84 Å². The fourth-order valence-corrected chi connectivity index (χ4v) is 3.55. The molecule has 178 valence electrons. The van der Waals surface area contributed by atoms with Crippen molar-refractivity contribution in [1.82, 2.24) is 14.7 Å². The number of nitrogens with zero attached hydrogens (tertiary/aromatic N) is 3. The second kappa shape index (κ2) is 11.0. The summed E-state index contributed by atoms with van der Waals surface area (Å²) in [6, 6.07) is 27.7. The van der Waals surface area contributed by atoms with Crippen LogP contribution in [0.3, 0.4) is 0 Å². The van der Waals surface area contributed by atoms with Gasteiger partial charge in [0.1, 0.15) is 18.1 Å². The van der Waals surface area contributed by atoms with Crippen LogP contribution in [0.4, 0.5) is 16.3 Å². The number of urea groups is 1. The zero-order valence-electron chi connectivity index (χ0n) is 19.6. The summed E-state index contributed by atoms with van der Waals surface area (Å²) in [4.78, 5) is 27.1. The summed E-state index contributed by atoms with van der Waals surface area (Å²) in [5, 5.41) is 10.5. The van der Waals surface area contributed by atoms with Gasteiger partial charge in [0.05, 0.1) is 18.5 Å². The zero-order valence-corrected chi connectivity index (χ0v) is 19.6. The largest absolute Gasteiger partial charge is 0.497 e. The number of amides is 3. The molecule has 35 heavy (non-hydrogen) atoms. The molecule has 8 nitrogen and oxygen atoms in total. The van der Waals surface area contributed by atoms with Crippen LogP contribution in [-0.4, -0.2) is 46.8 Å². The lowest BCUT2D eigenvalue weighted by Crippen LogP contribution is -2.40. The second-order valence-corrected chi connectivity index (χ2v) is 7.75. The Morgan fingerprint density at radius 2 is 1.57 bits per heavy atom. The number of hydrogen-bond acceptors (Lipinski definition) is 4. The van der Waals surface area contributed by atoms with Gasteiger partial charge in [-0.05, 0) is 43.3 Å². The molecule has 0 fully saturated rings. The Bertz CT molecular complexity index is 1270. The summed E-state index contributed by atoms with van der Waals surface area (Å²) in [7, 11) is 1.61. The highest BCUT2D eigenvalue weighted by Gasteiger charge is 2.19. The van der Waals surface area contributed by atoms with E-state index in [2.05, 4.69) is 10.6 Å². The minimum absolute atomic E-state index is 0.108. The number of benzene rings is 3. The molecule has 0 spiro atoms. The van der Waals surface area contributed by atoms with Crippen LogP contribution in [0.15, 0.2) is 91.0 Å². The number of aromatic nitrogens is 2. The van der Waals surface area contributed by atoms with Crippen LogP contribution in [0.2, 0.25) is 0 Å². The lowest BCUT2D eigenvalue weighted by Gasteiger charge is -2.21. The van der Waals surface area contributed by atoms with E-state index in [0.717, 1.165) is 17.0 Å². The van der Waals surface area contributed by atoms with Crippen molar-refractivity contribution in [3.8, 4) is 22.7 Å². The SMILES string of the molecule is CCN(CC(=O)Nc1cc(-c2ccccc2)nn1-c1ccc(OC)cc1)C(=O)Nc1ccccc1. The molecular weight excluding hydrogens is 442 g/mol. The first-order valence-electron chi connectivity index (χ1n) is 11.3. The molecule has 0 atom stereocenters. The van der Waals surface area contributed by atoms with E-state index < -0.39 is 0 Å². The van der Waals surface area contributed by atoms with Gasteiger partial charge in [0.15, 0.2) is 0 Å². The Hall–Kier alpha value is -4.59. The number of nitrogens with one attached hydrogen (secondary N) is 2. The summed E-state index contributed by atoms with van der Waals surface area (Å²) in [6.45, 7) is 2.09. The van der Waals surface area contributed by atoms with Gasteiger partial charge >= 0.3 is 6.03 Å². The van der Waals surface area contributed by atoms with Crippen molar-refractivity contribution in [2.24, 2.45) is 0 Å². The van der Waals surface area contributed by atoms with Crippen LogP contribution in [0.1, 0.15) is 6.92 Å². The van der Waals surface area contributed by atoms with E-state index in [9.17, 15) is 9.59 Å². The van der Waals surface area contributed by atoms with Crippen LogP contribution in [0.25, 0.3) is 16.9 Å². The fraction of sp³-hybridized carbons (Fsp3) is 0.148. The maximum absolute atomic E-state index is 13.0. The average molecular weight is 470 g/mol. The average Bonchev–Trinajstić information content (AvgIpc) is 3.32. The van der Waals surface area contributed by atoms with Crippen molar-refractivity contribution in [1.29, 1.82) is 0 Å². The van der Waals surface area contributed by atoms with E-state index in [0.29, 0.717) is 23.7 Å². The standard InChI is InChI=1S/C27H27N5O3/c1-3-31(27(34)28-21-12-8-5-9-13-21)19-26(33)29-25-18-24(20-10-6-4-7-11-20)30-32(25)22-14-16-23(35-2)17-15-22/h4-18H,3,19H2,1-2H3,(H,28,34)(H,29,33). The van der Waals surface area contributed by atoms with Gasteiger partial charge in [0.25, 0.3) is 0 Å². The first kappa shape index (κ1) is 23.6. The van der Waals surface area contributed by atoms with Gasteiger partial charge in [-0.3, -0.25) is 4.79 Å². The molecule has 0 unspecified atom stereocenters. The molecule has 0 aliphatic heterocycles. The highest BCUT2D eigenvalue weighted by Crippen LogP contribution is 2.25. The number of carbonyl (C=O) groups excluding carboxylic acids is 2. The number of methoxy groups -OCH3 is 1. The van der Waals surface area contributed by atoms with Gasteiger partial charge in [0.2, 0.25) is 5.91 Å². The van der Waals surface area contributed by atoms with Crippen LogP contribution in [-0.2, 0) is 4.79 Å². The summed E-state index contributed by atoms with van der Waals surface area (Å²) in [5.41, 5.74) is 3.07. The molecule has 0 aliphatic rings. The van der Waals surface area contributed by atoms with Gasteiger partial charge in [-0.2, -0.15) is 5.10 Å². The predicted molar refractivity (Wildman–Crippen MR) is 137 cm³/mol. The first-order chi connectivity index (χ1) is 17.1. The molecule has 0 radical (unpaired) electrons. The number of hydrogen-bond donors (Lipinski definition) is 2. The van der Waals surface area contributed by atoms with E-state index in [1.807, 2.05) is 85.8 Å². The fourth-order valence-electron chi connectivity index (χ4n) is 3.55. The van der Waals surface area contributed by atoms with Crippen molar-refractivity contribution in [3.05, 3.63) is 91.0 Å². The molecule has 4 rings (SSSR count). The van der Waals surface area contributed by atoms with E-state index >= 15 is 0 Å². The number of anilines is 2. The molecular formula is C27H27N5O3. The highest BCUT2D eigenvalue weighted by molar-refractivity contribution is 5.97. The number of likely N-dealkylation sites (N-methyl/N-ethyl adjacent to an activating group) is 1. The summed E-state index contributed by atoms with van der Waals surface area (Å²) >= 11 is 0. The molecule has 1 aromatic heterocycles. The number of ether oxygens (including phenoxy) is 1. The minimum Gasteiger partial charge on any atom is -0.497 e. The van der Waals surface area contributed by atoms with E-state index in [-0.39, 0.29) is 18.5 Å². The number of carbonyl (C=O) groups is 2. The third-order valence-corrected chi connectivity index (χ3v) is 5.39. The zero-order chi connectivity index (χ0) is 24.6. The quantitative estimate of drug-likeness (QED) is 0.378. The smallest absolute Gasteiger partial charge is 0.322 e. The maximum atomic E-state index is 13.0. The normalized spacial score (nSPS) is 10.5. The second-order valence-electron chi connectivity index (χ2n) is 7.75. The Labute approximate surface area is 204 Å². The van der Waals surface area contributed by atoms with E-state index in [1.165, 1.54) is 4.90 Å². The van der Waals surface area contributed by atoms with E-state index in [1.54, 1.807) is 23.9 Å². The van der Waals surface area contributed by atoms with Crippen LogP contribution in [0, 0.1) is 0 Å². The molecule has 2 N–H and O–H groups in total.